The summed E-state index contributed by atoms with van der Waals surface area (Å²) in [4.78, 5) is 33.8. The van der Waals surface area contributed by atoms with Crippen LogP contribution < -0.4 is 10.6 Å². The minimum Gasteiger partial charge on any atom is -0.475 e. The lowest BCUT2D eigenvalue weighted by Gasteiger charge is -2.11. The predicted octanol–water partition coefficient (Wildman–Crippen LogP) is 1.84. The molecule has 1 heterocycles. The van der Waals surface area contributed by atoms with Crippen molar-refractivity contribution in [3.05, 3.63) is 17.9 Å². The van der Waals surface area contributed by atoms with Crippen LogP contribution in [0.3, 0.4) is 0 Å². The van der Waals surface area contributed by atoms with Crippen LogP contribution in [0.5, 0.6) is 0 Å². The summed E-state index contributed by atoms with van der Waals surface area (Å²) < 4.78 is 4.99. The molecular formula is C13H16N2O5S. The molecule has 0 radical (unpaired) electrons. The summed E-state index contributed by atoms with van der Waals surface area (Å²) >= 11 is 1.03. The molecule has 0 aliphatic heterocycles. The molecule has 3 amide bonds. The van der Waals surface area contributed by atoms with Gasteiger partial charge in [0.2, 0.25) is 11.7 Å². The Morgan fingerprint density at radius 1 is 1.29 bits per heavy atom. The van der Waals surface area contributed by atoms with Gasteiger partial charge in [0.25, 0.3) is 0 Å². The number of hydrogen-bond donors (Lipinski definition) is 3. The summed E-state index contributed by atoms with van der Waals surface area (Å²) in [6.07, 6.45) is 4.08. The Kier molecular flexibility index (Phi) is 5.26. The number of aromatic carboxylic acids is 1. The topological polar surface area (TPSA) is 109 Å². The number of nitrogens with one attached hydrogen (secondary N) is 2. The van der Waals surface area contributed by atoms with E-state index in [0.717, 1.165) is 37.4 Å². The van der Waals surface area contributed by atoms with Gasteiger partial charge in [-0.1, -0.05) is 24.6 Å². The zero-order valence-electron chi connectivity index (χ0n) is 11.3. The monoisotopic (exact) mass is 312 g/mol. The molecule has 1 aromatic heterocycles. The summed E-state index contributed by atoms with van der Waals surface area (Å²) in [5.74, 6) is -1.83. The number of amides is 3. The smallest absolute Gasteiger partial charge is 0.371 e. The van der Waals surface area contributed by atoms with E-state index in [4.69, 9.17) is 9.52 Å². The third-order valence-corrected chi connectivity index (χ3v) is 3.99. The second kappa shape index (κ2) is 7.16. The highest BCUT2D eigenvalue weighted by molar-refractivity contribution is 7.99. The van der Waals surface area contributed by atoms with Gasteiger partial charge in [0, 0.05) is 6.04 Å². The van der Waals surface area contributed by atoms with Gasteiger partial charge in [-0.15, -0.1) is 0 Å². The first-order valence-electron chi connectivity index (χ1n) is 6.61. The van der Waals surface area contributed by atoms with E-state index in [-0.39, 0.29) is 17.6 Å². The molecule has 0 aromatic carbocycles. The Bertz CT molecular complexity index is 536. The number of rotatable bonds is 5. The number of imide groups is 1. The molecule has 1 aliphatic carbocycles. The van der Waals surface area contributed by atoms with Crippen molar-refractivity contribution in [3.8, 4) is 0 Å². The molecule has 8 heteroatoms. The van der Waals surface area contributed by atoms with Crippen LogP contribution in [0.4, 0.5) is 4.79 Å². The molecule has 114 valence electrons. The minimum absolute atomic E-state index is 0.0232. The maximum atomic E-state index is 11.6. The van der Waals surface area contributed by atoms with E-state index >= 15 is 0 Å². The first-order chi connectivity index (χ1) is 10.0. The Morgan fingerprint density at radius 3 is 2.62 bits per heavy atom. The molecule has 0 spiro atoms. The minimum atomic E-state index is -1.16. The van der Waals surface area contributed by atoms with Crippen LogP contribution in [-0.2, 0) is 4.79 Å². The largest absolute Gasteiger partial charge is 0.475 e. The van der Waals surface area contributed by atoms with E-state index in [1.165, 1.54) is 12.1 Å². The SMILES string of the molecule is O=C(CSc1ccc(C(=O)O)o1)NC(=O)NC1CCCC1. The molecule has 21 heavy (non-hydrogen) atoms. The van der Waals surface area contributed by atoms with Gasteiger partial charge in [-0.3, -0.25) is 10.1 Å². The highest BCUT2D eigenvalue weighted by Gasteiger charge is 2.18. The second-order valence-electron chi connectivity index (χ2n) is 4.72. The maximum Gasteiger partial charge on any atom is 0.371 e. The summed E-state index contributed by atoms with van der Waals surface area (Å²) in [5, 5.41) is 14.0. The summed E-state index contributed by atoms with van der Waals surface area (Å²) in [6.45, 7) is 0. The molecule has 0 atom stereocenters. The van der Waals surface area contributed by atoms with Gasteiger partial charge in [-0.05, 0) is 25.0 Å². The molecule has 0 saturated heterocycles. The highest BCUT2D eigenvalue weighted by atomic mass is 32.2. The number of hydrogen-bond acceptors (Lipinski definition) is 5. The van der Waals surface area contributed by atoms with Crippen LogP contribution in [0, 0.1) is 0 Å². The fourth-order valence-corrected chi connectivity index (χ4v) is 2.76. The molecule has 0 unspecified atom stereocenters. The van der Waals surface area contributed by atoms with E-state index in [1.807, 2.05) is 0 Å². The second-order valence-corrected chi connectivity index (χ2v) is 5.70. The fraction of sp³-hybridized carbons (Fsp3) is 0.462. The number of furan rings is 1. The summed E-state index contributed by atoms with van der Waals surface area (Å²) in [5.41, 5.74) is 0. The van der Waals surface area contributed by atoms with E-state index in [1.54, 1.807) is 0 Å². The highest BCUT2D eigenvalue weighted by Crippen LogP contribution is 2.20. The molecular weight excluding hydrogens is 296 g/mol. The molecule has 1 aromatic rings. The lowest BCUT2D eigenvalue weighted by atomic mass is 10.2. The van der Waals surface area contributed by atoms with Crippen molar-refractivity contribution in [2.45, 2.75) is 36.8 Å². The first kappa shape index (κ1) is 15.4. The first-order valence-corrected chi connectivity index (χ1v) is 7.59. The third kappa shape index (κ3) is 4.82. The van der Waals surface area contributed by atoms with Crippen LogP contribution >= 0.6 is 11.8 Å². The molecule has 2 rings (SSSR count). The van der Waals surface area contributed by atoms with Crippen LogP contribution in [0.1, 0.15) is 36.2 Å². The Balaban J connectivity index is 1.71. The lowest BCUT2D eigenvalue weighted by molar-refractivity contribution is -0.117. The molecule has 1 aliphatic rings. The van der Waals surface area contributed by atoms with Crippen molar-refractivity contribution in [3.63, 3.8) is 0 Å². The number of carbonyl (C=O) groups is 3. The maximum absolute atomic E-state index is 11.6. The molecule has 7 nitrogen and oxygen atoms in total. The van der Waals surface area contributed by atoms with Crippen molar-refractivity contribution < 1.29 is 23.9 Å². The van der Waals surface area contributed by atoms with E-state index < -0.39 is 17.9 Å². The number of urea groups is 1. The van der Waals surface area contributed by atoms with Gasteiger partial charge in [0.1, 0.15) is 0 Å². The van der Waals surface area contributed by atoms with Crippen molar-refractivity contribution in [1.82, 2.24) is 10.6 Å². The van der Waals surface area contributed by atoms with Crippen LogP contribution in [0.2, 0.25) is 0 Å². The predicted molar refractivity (Wildman–Crippen MR) is 75.3 cm³/mol. The Morgan fingerprint density at radius 2 is 2.00 bits per heavy atom. The van der Waals surface area contributed by atoms with Crippen molar-refractivity contribution in [2.75, 3.05) is 5.75 Å². The van der Waals surface area contributed by atoms with Crippen LogP contribution in [0.15, 0.2) is 21.6 Å². The van der Waals surface area contributed by atoms with Gasteiger partial charge in [-0.2, -0.15) is 0 Å². The third-order valence-electron chi connectivity index (χ3n) is 3.08. The number of carboxylic acids is 1. The van der Waals surface area contributed by atoms with Crippen molar-refractivity contribution >= 4 is 29.7 Å². The average molecular weight is 312 g/mol. The fourth-order valence-electron chi connectivity index (χ4n) is 2.10. The van der Waals surface area contributed by atoms with Crippen LogP contribution in [-0.4, -0.2) is 34.8 Å². The van der Waals surface area contributed by atoms with E-state index in [0.29, 0.717) is 5.09 Å². The average Bonchev–Trinajstić information content (AvgIpc) is 3.06. The molecule has 3 N–H and O–H groups in total. The summed E-state index contributed by atoms with van der Waals surface area (Å²) in [7, 11) is 0. The van der Waals surface area contributed by atoms with Gasteiger partial charge < -0.3 is 14.8 Å². The zero-order valence-corrected chi connectivity index (χ0v) is 12.1. The van der Waals surface area contributed by atoms with Crippen molar-refractivity contribution in [1.29, 1.82) is 0 Å². The van der Waals surface area contributed by atoms with E-state index in [2.05, 4.69) is 10.6 Å². The molecule has 1 fully saturated rings. The van der Waals surface area contributed by atoms with Gasteiger partial charge in [0.15, 0.2) is 5.09 Å². The Labute approximate surface area is 125 Å². The quantitative estimate of drug-likeness (QED) is 0.716. The molecule has 0 bridgehead atoms. The lowest BCUT2D eigenvalue weighted by Crippen LogP contribution is -2.44. The zero-order chi connectivity index (χ0) is 15.2. The van der Waals surface area contributed by atoms with E-state index in [9.17, 15) is 14.4 Å². The van der Waals surface area contributed by atoms with Crippen molar-refractivity contribution in [2.24, 2.45) is 0 Å². The van der Waals surface area contributed by atoms with Gasteiger partial charge >= 0.3 is 12.0 Å². The summed E-state index contributed by atoms with van der Waals surface area (Å²) in [6, 6.07) is 2.45. The van der Waals surface area contributed by atoms with Crippen LogP contribution in [0.25, 0.3) is 0 Å². The van der Waals surface area contributed by atoms with Gasteiger partial charge in [0.05, 0.1) is 5.75 Å². The number of carboxylic acid groups (broad SMARTS) is 1. The Hall–Kier alpha value is -1.96. The number of thioether (sulfide) groups is 1. The standard InChI is InChI=1S/C13H16N2O5S/c16-10(15-13(19)14-8-3-1-2-4-8)7-21-11-6-5-9(20-11)12(17)18/h5-6,8H,1-4,7H2,(H,17,18)(H2,14,15,16,19). The molecule has 1 saturated carbocycles. The normalized spacial score (nSPS) is 14.9. The number of carbonyl (C=O) groups excluding carboxylic acids is 2. The van der Waals surface area contributed by atoms with Gasteiger partial charge in [-0.25, -0.2) is 9.59 Å².